The summed E-state index contributed by atoms with van der Waals surface area (Å²) in [6, 6.07) is 13.1. The van der Waals surface area contributed by atoms with Gasteiger partial charge in [0, 0.05) is 23.8 Å². The number of rotatable bonds is 6. The van der Waals surface area contributed by atoms with Crippen LogP contribution >= 0.6 is 11.6 Å². The van der Waals surface area contributed by atoms with Gasteiger partial charge in [0.05, 0.1) is 24.0 Å². The predicted octanol–water partition coefficient (Wildman–Crippen LogP) is 3.21. The molecule has 7 nitrogen and oxygen atoms in total. The average Bonchev–Trinajstić information content (AvgIpc) is 2.83. The van der Waals surface area contributed by atoms with Crippen LogP contribution in [-0.2, 0) is 4.74 Å². The molecule has 1 fully saturated rings. The molecule has 9 heteroatoms. The van der Waals surface area contributed by atoms with Crippen LogP contribution in [0.1, 0.15) is 23.2 Å². The first-order chi connectivity index (χ1) is 16.0. The Kier molecular flexibility index (Phi) is 7.17. The van der Waals surface area contributed by atoms with Gasteiger partial charge in [-0.3, -0.25) is 9.59 Å². The third-order valence-corrected chi connectivity index (χ3v) is 5.95. The number of benzene rings is 2. The molecule has 1 atom stereocenters. The smallest absolute Gasteiger partial charge is 0.284 e. The van der Waals surface area contributed by atoms with E-state index in [0.29, 0.717) is 42.3 Å². The Morgan fingerprint density at radius 2 is 1.94 bits per heavy atom. The third kappa shape index (κ3) is 5.30. The molecular weight excluding hydrogens is 449 g/mol. The number of ether oxygens (including phenoxy) is 1. The highest BCUT2D eigenvalue weighted by atomic mass is 35.5. The Morgan fingerprint density at radius 1 is 1.21 bits per heavy atom. The van der Waals surface area contributed by atoms with Crippen molar-refractivity contribution in [3.8, 4) is 16.9 Å². The average molecular weight is 472 g/mol. The second-order valence-electron chi connectivity index (χ2n) is 7.86. The maximum Gasteiger partial charge on any atom is 0.284 e. The van der Waals surface area contributed by atoms with Crippen LogP contribution in [0.4, 0.5) is 4.39 Å². The zero-order valence-corrected chi connectivity index (χ0v) is 18.5. The maximum absolute atomic E-state index is 13.9. The number of hydrogen-bond donors (Lipinski definition) is 2. The van der Waals surface area contributed by atoms with Crippen molar-refractivity contribution in [3.05, 3.63) is 81.4 Å². The number of aromatic nitrogens is 2. The van der Waals surface area contributed by atoms with Crippen LogP contribution < -0.4 is 10.9 Å². The number of carbonyl (C=O) groups excluding carboxylic acids is 1. The molecule has 172 valence electrons. The van der Waals surface area contributed by atoms with Gasteiger partial charge in [0.1, 0.15) is 11.4 Å². The largest absolute Gasteiger partial charge is 0.394 e. The molecule has 2 N–H and O–H groups in total. The summed E-state index contributed by atoms with van der Waals surface area (Å²) in [5.41, 5.74) is 0.297. The van der Waals surface area contributed by atoms with Crippen molar-refractivity contribution >= 4 is 17.5 Å². The van der Waals surface area contributed by atoms with Gasteiger partial charge in [-0.25, -0.2) is 4.39 Å². The Hall–Kier alpha value is -3.07. The number of aliphatic hydroxyl groups is 1. The van der Waals surface area contributed by atoms with Gasteiger partial charge in [0.15, 0.2) is 0 Å². The molecule has 1 aliphatic rings. The molecule has 0 unspecified atom stereocenters. The maximum atomic E-state index is 13.9. The Bertz CT molecular complexity index is 1190. The molecule has 0 spiro atoms. The lowest BCUT2D eigenvalue weighted by Crippen LogP contribution is -2.46. The van der Waals surface area contributed by atoms with Gasteiger partial charge < -0.3 is 15.2 Å². The van der Waals surface area contributed by atoms with Crippen molar-refractivity contribution in [1.82, 2.24) is 15.1 Å². The van der Waals surface area contributed by atoms with E-state index in [1.165, 1.54) is 30.3 Å². The zero-order chi connectivity index (χ0) is 23.4. The second kappa shape index (κ2) is 10.2. The van der Waals surface area contributed by atoms with Gasteiger partial charge in [0.2, 0.25) is 0 Å². The molecule has 2 aromatic carbocycles. The molecule has 0 radical (unpaired) electrons. The van der Waals surface area contributed by atoms with E-state index in [0.717, 1.165) is 4.68 Å². The van der Waals surface area contributed by atoms with Crippen molar-refractivity contribution in [1.29, 1.82) is 0 Å². The van der Waals surface area contributed by atoms with Crippen LogP contribution in [0, 0.1) is 11.7 Å². The highest BCUT2D eigenvalue weighted by molar-refractivity contribution is 6.30. The normalized spacial score (nSPS) is 15.2. The molecule has 0 aliphatic carbocycles. The SMILES string of the molecule is O=C(N[C@H](CO)C1CCOCC1)c1cc(-c2ccc(Cl)cc2)nn(-c2cccc(F)c2)c1=O. The van der Waals surface area contributed by atoms with Gasteiger partial charge in [-0.05, 0) is 55.2 Å². The fourth-order valence-electron chi connectivity index (χ4n) is 3.88. The minimum atomic E-state index is -0.695. The molecule has 3 aromatic rings. The summed E-state index contributed by atoms with van der Waals surface area (Å²) in [5, 5.41) is 17.5. The van der Waals surface area contributed by atoms with Crippen molar-refractivity contribution < 1.29 is 19.0 Å². The van der Waals surface area contributed by atoms with Gasteiger partial charge in [-0.15, -0.1) is 0 Å². The van der Waals surface area contributed by atoms with Gasteiger partial charge in [0.25, 0.3) is 11.5 Å². The summed E-state index contributed by atoms with van der Waals surface area (Å²) in [4.78, 5) is 26.4. The van der Waals surface area contributed by atoms with Crippen LogP contribution in [0.3, 0.4) is 0 Å². The number of nitrogens with zero attached hydrogens (tertiary/aromatic N) is 2. The van der Waals surface area contributed by atoms with Crippen LogP contribution in [0.2, 0.25) is 5.02 Å². The van der Waals surface area contributed by atoms with E-state index in [9.17, 15) is 19.1 Å². The third-order valence-electron chi connectivity index (χ3n) is 5.70. The summed E-state index contributed by atoms with van der Waals surface area (Å²) in [7, 11) is 0. The lowest BCUT2D eigenvalue weighted by Gasteiger charge is -2.29. The second-order valence-corrected chi connectivity index (χ2v) is 8.30. The number of amides is 1. The van der Waals surface area contributed by atoms with E-state index in [4.69, 9.17) is 16.3 Å². The first-order valence-electron chi connectivity index (χ1n) is 10.6. The Morgan fingerprint density at radius 3 is 2.61 bits per heavy atom. The van der Waals surface area contributed by atoms with Crippen LogP contribution in [0.15, 0.2) is 59.4 Å². The molecule has 33 heavy (non-hydrogen) atoms. The lowest BCUT2D eigenvalue weighted by molar-refractivity contribution is 0.0419. The summed E-state index contributed by atoms with van der Waals surface area (Å²) in [6.07, 6.45) is 1.40. The first-order valence-corrected chi connectivity index (χ1v) is 11.0. The number of hydrogen-bond acceptors (Lipinski definition) is 5. The van der Waals surface area contributed by atoms with Gasteiger partial charge in [-0.1, -0.05) is 29.8 Å². The highest BCUT2D eigenvalue weighted by Gasteiger charge is 2.27. The molecule has 0 bridgehead atoms. The summed E-state index contributed by atoms with van der Waals surface area (Å²) in [6.45, 7) is 0.850. The fraction of sp³-hybridized carbons (Fsp3) is 0.292. The van der Waals surface area contributed by atoms with Crippen LogP contribution in [0.25, 0.3) is 16.9 Å². The number of aliphatic hydroxyl groups excluding tert-OH is 1. The zero-order valence-electron chi connectivity index (χ0n) is 17.7. The van der Waals surface area contributed by atoms with Crippen molar-refractivity contribution in [2.75, 3.05) is 19.8 Å². The summed E-state index contributed by atoms with van der Waals surface area (Å²) in [5.74, 6) is -1.13. The quantitative estimate of drug-likeness (QED) is 0.576. The van der Waals surface area contributed by atoms with E-state index in [1.807, 2.05) is 0 Å². The minimum Gasteiger partial charge on any atom is -0.394 e. The van der Waals surface area contributed by atoms with Crippen LogP contribution in [-0.4, -0.2) is 46.7 Å². The molecule has 1 saturated heterocycles. The summed E-state index contributed by atoms with van der Waals surface area (Å²) >= 11 is 5.98. The molecule has 1 amide bonds. The molecule has 1 aliphatic heterocycles. The number of halogens is 2. The van der Waals surface area contributed by atoms with E-state index in [1.54, 1.807) is 24.3 Å². The highest BCUT2D eigenvalue weighted by Crippen LogP contribution is 2.22. The first kappa shape index (κ1) is 23.1. The monoisotopic (exact) mass is 471 g/mol. The van der Waals surface area contributed by atoms with Crippen LogP contribution in [0.5, 0.6) is 0 Å². The fourth-order valence-corrected chi connectivity index (χ4v) is 4.00. The number of nitrogens with one attached hydrogen (secondary N) is 1. The van der Waals surface area contributed by atoms with Crippen molar-refractivity contribution in [2.24, 2.45) is 5.92 Å². The molecule has 2 heterocycles. The summed E-state index contributed by atoms with van der Waals surface area (Å²) < 4.78 is 20.2. The van der Waals surface area contributed by atoms with Gasteiger partial charge in [-0.2, -0.15) is 9.78 Å². The molecule has 1 aromatic heterocycles. The Balaban J connectivity index is 1.76. The standard InChI is InChI=1S/C24H23ClFN3O4/c25-17-6-4-15(5-7-17)21-13-20(23(31)27-22(14-30)16-8-10-33-11-9-16)24(32)29(28-21)19-3-1-2-18(26)12-19/h1-7,12-13,16,22,30H,8-11,14H2,(H,27,31)/t22-/m1/s1. The Labute approximate surface area is 194 Å². The van der Waals surface area contributed by atoms with E-state index in [-0.39, 0.29) is 23.8 Å². The van der Waals surface area contributed by atoms with E-state index in [2.05, 4.69) is 10.4 Å². The van der Waals surface area contributed by atoms with Gasteiger partial charge >= 0.3 is 0 Å². The van der Waals surface area contributed by atoms with E-state index >= 15 is 0 Å². The van der Waals surface area contributed by atoms with Crippen molar-refractivity contribution in [2.45, 2.75) is 18.9 Å². The minimum absolute atomic E-state index is 0.0377. The number of carbonyl (C=O) groups is 1. The predicted molar refractivity (Wildman–Crippen MR) is 122 cm³/mol. The molecule has 4 rings (SSSR count). The van der Waals surface area contributed by atoms with Crippen molar-refractivity contribution in [3.63, 3.8) is 0 Å². The lowest BCUT2D eigenvalue weighted by atomic mass is 9.92. The molecule has 0 saturated carbocycles. The molecular formula is C24H23ClFN3O4. The topological polar surface area (TPSA) is 93.4 Å². The van der Waals surface area contributed by atoms with E-state index < -0.39 is 23.3 Å².